The van der Waals surface area contributed by atoms with E-state index >= 15 is 0 Å². The molecule has 28 heavy (non-hydrogen) atoms. The SMILES string of the molecule is CC(=O)CCc1ccc(OC(C)c2cccc(Oc3ccccc3)c2)c(F)c1. The lowest BCUT2D eigenvalue weighted by Crippen LogP contribution is -2.05. The number of hydrogen-bond donors (Lipinski definition) is 0. The molecule has 0 aliphatic carbocycles. The minimum atomic E-state index is -0.426. The van der Waals surface area contributed by atoms with Crippen molar-refractivity contribution in [1.29, 1.82) is 0 Å². The molecule has 0 spiro atoms. The van der Waals surface area contributed by atoms with Gasteiger partial charge in [0.2, 0.25) is 0 Å². The van der Waals surface area contributed by atoms with Gasteiger partial charge in [-0.25, -0.2) is 4.39 Å². The lowest BCUT2D eigenvalue weighted by atomic mass is 10.1. The Morgan fingerprint density at radius 1 is 0.964 bits per heavy atom. The van der Waals surface area contributed by atoms with Crippen molar-refractivity contribution in [3.63, 3.8) is 0 Å². The van der Waals surface area contributed by atoms with Gasteiger partial charge in [-0.05, 0) is 67.8 Å². The van der Waals surface area contributed by atoms with Crippen molar-refractivity contribution in [2.24, 2.45) is 0 Å². The third kappa shape index (κ3) is 5.43. The number of ketones is 1. The smallest absolute Gasteiger partial charge is 0.165 e. The van der Waals surface area contributed by atoms with Crippen LogP contribution in [0.5, 0.6) is 17.2 Å². The number of halogens is 1. The minimum absolute atomic E-state index is 0.0898. The molecule has 0 radical (unpaired) electrons. The molecule has 4 heteroatoms. The van der Waals surface area contributed by atoms with Gasteiger partial charge in [0.25, 0.3) is 0 Å². The summed E-state index contributed by atoms with van der Waals surface area (Å²) < 4.78 is 26.1. The summed E-state index contributed by atoms with van der Waals surface area (Å²) in [6.45, 7) is 3.40. The highest BCUT2D eigenvalue weighted by atomic mass is 19.1. The van der Waals surface area contributed by atoms with E-state index in [1.165, 1.54) is 13.0 Å². The number of carbonyl (C=O) groups is 1. The Hall–Kier alpha value is -3.14. The van der Waals surface area contributed by atoms with Gasteiger partial charge < -0.3 is 14.3 Å². The van der Waals surface area contributed by atoms with Crippen molar-refractivity contribution < 1.29 is 18.7 Å². The van der Waals surface area contributed by atoms with Crippen molar-refractivity contribution in [3.05, 3.63) is 89.7 Å². The predicted molar refractivity (Wildman–Crippen MR) is 107 cm³/mol. The van der Waals surface area contributed by atoms with Crippen molar-refractivity contribution >= 4 is 5.78 Å². The molecule has 0 saturated carbocycles. The first-order valence-corrected chi connectivity index (χ1v) is 9.28. The van der Waals surface area contributed by atoms with Crippen LogP contribution in [-0.2, 0) is 11.2 Å². The molecule has 1 atom stereocenters. The van der Waals surface area contributed by atoms with Crippen LogP contribution >= 0.6 is 0 Å². The van der Waals surface area contributed by atoms with Gasteiger partial charge in [0.1, 0.15) is 23.4 Å². The predicted octanol–water partition coefficient (Wildman–Crippen LogP) is 6.28. The van der Waals surface area contributed by atoms with Crippen LogP contribution in [0.25, 0.3) is 0 Å². The first-order chi connectivity index (χ1) is 13.5. The Bertz CT molecular complexity index is 938. The number of carbonyl (C=O) groups excluding carboxylic acids is 1. The molecule has 3 aromatic carbocycles. The summed E-state index contributed by atoms with van der Waals surface area (Å²) in [5.41, 5.74) is 1.67. The first kappa shape index (κ1) is 19.6. The van der Waals surface area contributed by atoms with Crippen LogP contribution in [0.3, 0.4) is 0 Å². The fourth-order valence-corrected chi connectivity index (χ4v) is 2.83. The molecule has 0 aromatic heterocycles. The monoisotopic (exact) mass is 378 g/mol. The van der Waals surface area contributed by atoms with Crippen molar-refractivity contribution in [1.82, 2.24) is 0 Å². The van der Waals surface area contributed by atoms with Gasteiger partial charge in [-0.3, -0.25) is 0 Å². The van der Waals surface area contributed by atoms with Gasteiger partial charge >= 0.3 is 0 Å². The second kappa shape index (κ2) is 9.18. The molecule has 0 heterocycles. The Labute approximate surface area is 164 Å². The van der Waals surface area contributed by atoms with Crippen LogP contribution in [0.1, 0.15) is 37.5 Å². The topological polar surface area (TPSA) is 35.5 Å². The van der Waals surface area contributed by atoms with Crippen LogP contribution in [0.2, 0.25) is 0 Å². The van der Waals surface area contributed by atoms with E-state index in [9.17, 15) is 9.18 Å². The average molecular weight is 378 g/mol. The van der Waals surface area contributed by atoms with E-state index in [2.05, 4.69) is 0 Å². The zero-order valence-corrected chi connectivity index (χ0v) is 16.0. The van der Waals surface area contributed by atoms with Crippen LogP contribution in [0, 0.1) is 5.82 Å². The number of aryl methyl sites for hydroxylation is 1. The molecular formula is C24H23FO3. The van der Waals surface area contributed by atoms with Crippen molar-refractivity contribution in [2.45, 2.75) is 32.8 Å². The van der Waals surface area contributed by atoms with Gasteiger partial charge in [-0.1, -0.05) is 36.4 Å². The lowest BCUT2D eigenvalue weighted by molar-refractivity contribution is -0.116. The average Bonchev–Trinajstić information content (AvgIpc) is 2.69. The maximum absolute atomic E-state index is 14.4. The molecule has 3 aromatic rings. The summed E-state index contributed by atoms with van der Waals surface area (Å²) in [5, 5.41) is 0. The Balaban J connectivity index is 1.68. The molecule has 0 amide bonds. The summed E-state index contributed by atoms with van der Waals surface area (Å²) in [7, 11) is 0. The maximum Gasteiger partial charge on any atom is 0.165 e. The normalized spacial score (nSPS) is 11.7. The molecule has 0 fully saturated rings. The molecule has 0 bridgehead atoms. The maximum atomic E-state index is 14.4. The lowest BCUT2D eigenvalue weighted by Gasteiger charge is -2.17. The summed E-state index contributed by atoms with van der Waals surface area (Å²) >= 11 is 0. The second-order valence-corrected chi connectivity index (χ2v) is 6.71. The number of para-hydroxylation sites is 1. The van der Waals surface area contributed by atoms with E-state index in [0.717, 1.165) is 16.9 Å². The fourth-order valence-electron chi connectivity index (χ4n) is 2.83. The van der Waals surface area contributed by atoms with E-state index in [1.807, 2.05) is 61.5 Å². The highest BCUT2D eigenvalue weighted by Gasteiger charge is 2.13. The van der Waals surface area contributed by atoms with Crippen molar-refractivity contribution in [3.8, 4) is 17.2 Å². The van der Waals surface area contributed by atoms with E-state index in [-0.39, 0.29) is 17.6 Å². The molecule has 0 aliphatic rings. The standard InChI is InChI=1S/C24H23FO3/c1-17(26)11-12-19-13-14-24(23(25)15-19)27-18(2)20-7-6-10-22(16-20)28-21-8-4-3-5-9-21/h3-10,13-16,18H,11-12H2,1-2H3. The zero-order chi connectivity index (χ0) is 19.9. The second-order valence-electron chi connectivity index (χ2n) is 6.71. The third-order valence-electron chi connectivity index (χ3n) is 4.37. The zero-order valence-electron chi connectivity index (χ0n) is 16.0. The first-order valence-electron chi connectivity index (χ1n) is 9.28. The van der Waals surface area contributed by atoms with Gasteiger partial charge in [-0.2, -0.15) is 0 Å². The van der Waals surface area contributed by atoms with Gasteiger partial charge in [-0.15, -0.1) is 0 Å². The highest BCUT2D eigenvalue weighted by molar-refractivity contribution is 5.75. The van der Waals surface area contributed by atoms with E-state index in [0.29, 0.717) is 18.6 Å². The Morgan fingerprint density at radius 2 is 1.71 bits per heavy atom. The fraction of sp³-hybridized carbons (Fsp3) is 0.208. The van der Waals surface area contributed by atoms with Gasteiger partial charge in [0.15, 0.2) is 11.6 Å². The highest BCUT2D eigenvalue weighted by Crippen LogP contribution is 2.29. The summed E-state index contributed by atoms with van der Waals surface area (Å²) in [4.78, 5) is 11.1. The van der Waals surface area contributed by atoms with E-state index in [1.54, 1.807) is 12.1 Å². The molecule has 3 rings (SSSR count). The summed E-state index contributed by atoms with van der Waals surface area (Å²) in [6, 6.07) is 21.9. The van der Waals surface area contributed by atoms with Crippen LogP contribution in [0.15, 0.2) is 72.8 Å². The molecule has 0 N–H and O–H groups in total. The molecule has 1 unspecified atom stereocenters. The molecule has 0 aliphatic heterocycles. The minimum Gasteiger partial charge on any atom is -0.483 e. The molecule has 0 saturated heterocycles. The van der Waals surface area contributed by atoms with Crippen LogP contribution < -0.4 is 9.47 Å². The van der Waals surface area contributed by atoms with Crippen LogP contribution in [-0.4, -0.2) is 5.78 Å². The number of hydrogen-bond acceptors (Lipinski definition) is 3. The molecule has 144 valence electrons. The summed E-state index contributed by atoms with van der Waals surface area (Å²) in [5.74, 6) is 1.30. The number of Topliss-reactive ketones (excluding diaryl/α,β-unsaturated/α-hetero) is 1. The Kier molecular flexibility index (Phi) is 6.43. The largest absolute Gasteiger partial charge is 0.483 e. The van der Waals surface area contributed by atoms with E-state index in [4.69, 9.17) is 9.47 Å². The molecule has 3 nitrogen and oxygen atoms in total. The molecular weight excluding hydrogens is 355 g/mol. The quantitative estimate of drug-likeness (QED) is 0.463. The van der Waals surface area contributed by atoms with E-state index < -0.39 is 5.82 Å². The van der Waals surface area contributed by atoms with Gasteiger partial charge in [0, 0.05) is 6.42 Å². The third-order valence-corrected chi connectivity index (χ3v) is 4.37. The summed E-state index contributed by atoms with van der Waals surface area (Å²) in [6.07, 6.45) is 0.586. The van der Waals surface area contributed by atoms with Crippen molar-refractivity contribution in [2.75, 3.05) is 0 Å². The Morgan fingerprint density at radius 3 is 2.43 bits per heavy atom. The number of benzene rings is 3. The number of rotatable bonds is 8. The number of ether oxygens (including phenoxy) is 2. The van der Waals surface area contributed by atoms with Gasteiger partial charge in [0.05, 0.1) is 0 Å². The van der Waals surface area contributed by atoms with Crippen LogP contribution in [0.4, 0.5) is 4.39 Å².